The first-order valence-electron chi connectivity index (χ1n) is 3.78. The monoisotopic (exact) mass is 180 g/mol. The normalized spacial score (nSPS) is 11.7. The summed E-state index contributed by atoms with van der Waals surface area (Å²) in [4.78, 5) is 1.10. The van der Waals surface area contributed by atoms with E-state index in [0.717, 1.165) is 10.5 Å². The summed E-state index contributed by atoms with van der Waals surface area (Å²) in [6.07, 6.45) is 4.00. The highest BCUT2D eigenvalue weighted by molar-refractivity contribution is 8.07. The van der Waals surface area contributed by atoms with Crippen LogP contribution >= 0.6 is 11.8 Å². The van der Waals surface area contributed by atoms with Crippen molar-refractivity contribution in [1.29, 1.82) is 0 Å². The Bertz CT molecular complexity index is 292. The summed E-state index contributed by atoms with van der Waals surface area (Å²) in [5.74, 6) is 0.347. The number of phenolic OH excluding ortho intramolecular Hbond substituents is 1. The number of phenols is 1. The van der Waals surface area contributed by atoms with Crippen LogP contribution in [0.25, 0.3) is 4.91 Å². The van der Waals surface area contributed by atoms with Crippen molar-refractivity contribution in [2.45, 2.75) is 6.92 Å². The average molecular weight is 180 g/mol. The number of benzene rings is 1. The third-order valence-electron chi connectivity index (χ3n) is 1.65. The standard InChI is InChI=1S/C10H12OS/c1-3-10(12-2)8-6-4-5-7-9(8)11/h3-7,11H,1-2H3/b10-3+. The molecule has 64 valence electrons. The molecule has 0 spiro atoms. The molecule has 0 atom stereocenters. The number of rotatable bonds is 2. The average Bonchev–Trinajstić information content (AvgIpc) is 2.10. The Morgan fingerprint density at radius 2 is 2.08 bits per heavy atom. The zero-order chi connectivity index (χ0) is 8.97. The summed E-state index contributed by atoms with van der Waals surface area (Å²) in [5.41, 5.74) is 0.910. The number of hydrogen-bond acceptors (Lipinski definition) is 2. The van der Waals surface area contributed by atoms with E-state index in [1.165, 1.54) is 0 Å². The zero-order valence-corrected chi connectivity index (χ0v) is 8.06. The molecule has 0 aliphatic carbocycles. The Hall–Kier alpha value is -0.890. The Morgan fingerprint density at radius 1 is 1.42 bits per heavy atom. The van der Waals surface area contributed by atoms with Gasteiger partial charge in [0.25, 0.3) is 0 Å². The summed E-state index contributed by atoms with van der Waals surface area (Å²) in [7, 11) is 0. The van der Waals surface area contributed by atoms with Crippen molar-refractivity contribution in [2.75, 3.05) is 6.26 Å². The van der Waals surface area contributed by atoms with Gasteiger partial charge in [0.2, 0.25) is 0 Å². The van der Waals surface area contributed by atoms with Crippen molar-refractivity contribution in [3.05, 3.63) is 35.9 Å². The molecular weight excluding hydrogens is 168 g/mol. The molecule has 0 fully saturated rings. The Morgan fingerprint density at radius 3 is 2.58 bits per heavy atom. The molecule has 0 saturated carbocycles. The summed E-state index contributed by atoms with van der Waals surface area (Å²) in [6.45, 7) is 1.97. The molecule has 0 bridgehead atoms. The van der Waals surface area contributed by atoms with Gasteiger partial charge in [-0.3, -0.25) is 0 Å². The molecular formula is C10H12OS. The second-order valence-corrected chi connectivity index (χ2v) is 3.22. The molecule has 1 aromatic rings. The van der Waals surface area contributed by atoms with E-state index >= 15 is 0 Å². The molecule has 1 nitrogen and oxygen atoms in total. The van der Waals surface area contributed by atoms with Crippen molar-refractivity contribution < 1.29 is 5.11 Å². The van der Waals surface area contributed by atoms with Gasteiger partial charge in [-0.15, -0.1) is 11.8 Å². The minimum Gasteiger partial charge on any atom is -0.507 e. The van der Waals surface area contributed by atoms with Gasteiger partial charge in [0.05, 0.1) is 0 Å². The first-order valence-corrected chi connectivity index (χ1v) is 5.00. The first kappa shape index (κ1) is 9.20. The molecule has 0 aliphatic rings. The Labute approximate surface area is 77.1 Å². The van der Waals surface area contributed by atoms with Crippen LogP contribution in [-0.2, 0) is 0 Å². The molecule has 0 amide bonds. The molecule has 12 heavy (non-hydrogen) atoms. The van der Waals surface area contributed by atoms with E-state index in [2.05, 4.69) is 0 Å². The van der Waals surface area contributed by atoms with Crippen LogP contribution in [0.3, 0.4) is 0 Å². The second-order valence-electron chi connectivity index (χ2n) is 2.37. The lowest BCUT2D eigenvalue weighted by Crippen LogP contribution is -1.79. The molecule has 1 aromatic carbocycles. The van der Waals surface area contributed by atoms with Crippen LogP contribution in [0.5, 0.6) is 5.75 Å². The lowest BCUT2D eigenvalue weighted by Gasteiger charge is -2.04. The number of thioether (sulfide) groups is 1. The molecule has 1 N–H and O–H groups in total. The first-order chi connectivity index (χ1) is 5.79. The SMILES string of the molecule is C/C=C(/SC)c1ccccc1O. The van der Waals surface area contributed by atoms with Crippen LogP contribution in [0, 0.1) is 0 Å². The van der Waals surface area contributed by atoms with Gasteiger partial charge in [-0.2, -0.15) is 0 Å². The van der Waals surface area contributed by atoms with Crippen LogP contribution in [0.4, 0.5) is 0 Å². The number of allylic oxidation sites excluding steroid dienone is 1. The minimum absolute atomic E-state index is 0.347. The number of aromatic hydroxyl groups is 1. The van der Waals surface area contributed by atoms with Crippen LogP contribution in [0.1, 0.15) is 12.5 Å². The number of para-hydroxylation sites is 1. The van der Waals surface area contributed by atoms with Crippen LogP contribution in [0.15, 0.2) is 30.3 Å². The van der Waals surface area contributed by atoms with Crippen molar-refractivity contribution in [1.82, 2.24) is 0 Å². The van der Waals surface area contributed by atoms with Crippen molar-refractivity contribution in [2.24, 2.45) is 0 Å². The van der Waals surface area contributed by atoms with Gasteiger partial charge in [0.15, 0.2) is 0 Å². The lowest BCUT2D eigenvalue weighted by atomic mass is 10.2. The fraction of sp³-hybridized carbons (Fsp3) is 0.200. The van der Waals surface area contributed by atoms with E-state index in [9.17, 15) is 5.11 Å². The minimum atomic E-state index is 0.347. The van der Waals surface area contributed by atoms with Gasteiger partial charge in [-0.25, -0.2) is 0 Å². The quantitative estimate of drug-likeness (QED) is 0.754. The summed E-state index contributed by atoms with van der Waals surface area (Å²) < 4.78 is 0. The topological polar surface area (TPSA) is 20.2 Å². The number of hydrogen-bond donors (Lipinski definition) is 1. The predicted molar refractivity (Wildman–Crippen MR) is 55.3 cm³/mol. The molecule has 0 aliphatic heterocycles. The Kier molecular flexibility index (Phi) is 3.23. The van der Waals surface area contributed by atoms with Crippen molar-refractivity contribution in [3.63, 3.8) is 0 Å². The molecule has 1 rings (SSSR count). The van der Waals surface area contributed by atoms with Crippen molar-refractivity contribution in [3.8, 4) is 5.75 Å². The largest absolute Gasteiger partial charge is 0.507 e. The van der Waals surface area contributed by atoms with E-state index < -0.39 is 0 Å². The zero-order valence-electron chi connectivity index (χ0n) is 7.24. The summed E-state index contributed by atoms with van der Waals surface area (Å²) in [6, 6.07) is 7.37. The second kappa shape index (κ2) is 4.21. The van der Waals surface area contributed by atoms with E-state index in [-0.39, 0.29) is 0 Å². The molecule has 2 heteroatoms. The van der Waals surface area contributed by atoms with E-state index in [4.69, 9.17) is 0 Å². The lowest BCUT2D eigenvalue weighted by molar-refractivity contribution is 0.474. The van der Waals surface area contributed by atoms with E-state index in [1.54, 1.807) is 17.8 Å². The maximum absolute atomic E-state index is 9.49. The van der Waals surface area contributed by atoms with E-state index in [1.807, 2.05) is 37.5 Å². The van der Waals surface area contributed by atoms with Crippen LogP contribution < -0.4 is 0 Å². The maximum Gasteiger partial charge on any atom is 0.123 e. The van der Waals surface area contributed by atoms with Crippen LogP contribution in [0.2, 0.25) is 0 Å². The third-order valence-corrected chi connectivity index (χ3v) is 2.55. The Balaban J connectivity index is 3.10. The molecule has 0 radical (unpaired) electrons. The predicted octanol–water partition coefficient (Wildman–Crippen LogP) is 3.12. The van der Waals surface area contributed by atoms with Crippen LogP contribution in [-0.4, -0.2) is 11.4 Å². The molecule has 0 unspecified atom stereocenters. The third kappa shape index (κ3) is 1.83. The summed E-state index contributed by atoms with van der Waals surface area (Å²) in [5, 5.41) is 9.49. The smallest absolute Gasteiger partial charge is 0.123 e. The highest BCUT2D eigenvalue weighted by atomic mass is 32.2. The fourth-order valence-corrected chi connectivity index (χ4v) is 1.69. The van der Waals surface area contributed by atoms with Gasteiger partial charge in [-0.05, 0) is 19.2 Å². The molecule has 0 saturated heterocycles. The van der Waals surface area contributed by atoms with Gasteiger partial charge in [-0.1, -0.05) is 24.3 Å². The van der Waals surface area contributed by atoms with Gasteiger partial charge in [0, 0.05) is 10.5 Å². The van der Waals surface area contributed by atoms with Gasteiger partial charge in [0.1, 0.15) is 5.75 Å². The molecule has 0 heterocycles. The van der Waals surface area contributed by atoms with Crippen molar-refractivity contribution >= 4 is 16.7 Å². The fourth-order valence-electron chi connectivity index (χ4n) is 1.07. The summed E-state index contributed by atoms with van der Waals surface area (Å²) >= 11 is 1.64. The van der Waals surface area contributed by atoms with Gasteiger partial charge < -0.3 is 5.11 Å². The highest BCUT2D eigenvalue weighted by Gasteiger charge is 2.02. The highest BCUT2D eigenvalue weighted by Crippen LogP contribution is 2.31. The maximum atomic E-state index is 9.49. The molecule has 0 aromatic heterocycles. The van der Waals surface area contributed by atoms with Gasteiger partial charge >= 0.3 is 0 Å². The van der Waals surface area contributed by atoms with E-state index in [0.29, 0.717) is 5.75 Å².